The van der Waals surface area contributed by atoms with Crippen LogP contribution in [0.3, 0.4) is 0 Å². The van der Waals surface area contributed by atoms with Crippen molar-refractivity contribution in [2.45, 2.75) is 44.1 Å². The van der Waals surface area contributed by atoms with Crippen LogP contribution in [0, 0.1) is 0 Å². The van der Waals surface area contributed by atoms with Crippen LogP contribution in [0.5, 0.6) is 0 Å². The van der Waals surface area contributed by atoms with Gasteiger partial charge in [0.05, 0.1) is 11.1 Å². The lowest BCUT2D eigenvalue weighted by atomic mass is 9.91. The smallest absolute Gasteiger partial charge is 0.259 e. The van der Waals surface area contributed by atoms with Gasteiger partial charge < -0.3 is 10.3 Å². The molecule has 1 aromatic heterocycles. The van der Waals surface area contributed by atoms with Gasteiger partial charge in [0.1, 0.15) is 0 Å². The molecular formula is C15H17BrClN3O. The lowest BCUT2D eigenvalue weighted by molar-refractivity contribution is 0.334. The molecule has 4 nitrogen and oxygen atoms in total. The van der Waals surface area contributed by atoms with Gasteiger partial charge in [-0.25, -0.2) is 0 Å². The first-order valence-electron chi connectivity index (χ1n) is 7.17. The standard InChI is InChI=1S/C15H17BrClN3O/c16-12-6-5-10(17)9-11(12)13-19-14(20-21-13)15(18)7-3-1-2-4-8-15/h5-6,9H,1-4,7-8,18H2. The van der Waals surface area contributed by atoms with Crippen molar-refractivity contribution in [3.63, 3.8) is 0 Å². The molecule has 1 fully saturated rings. The number of nitrogens with two attached hydrogens (primary N) is 1. The van der Waals surface area contributed by atoms with Gasteiger partial charge in [-0.3, -0.25) is 0 Å². The largest absolute Gasteiger partial charge is 0.334 e. The van der Waals surface area contributed by atoms with E-state index < -0.39 is 5.54 Å². The minimum atomic E-state index is -0.469. The van der Waals surface area contributed by atoms with E-state index in [0.29, 0.717) is 16.7 Å². The van der Waals surface area contributed by atoms with Crippen LogP contribution >= 0.6 is 27.5 Å². The predicted molar refractivity (Wildman–Crippen MR) is 86.0 cm³/mol. The number of hydrogen-bond acceptors (Lipinski definition) is 4. The maximum absolute atomic E-state index is 6.52. The van der Waals surface area contributed by atoms with Gasteiger partial charge in [0, 0.05) is 9.50 Å². The topological polar surface area (TPSA) is 64.9 Å². The number of benzene rings is 1. The summed E-state index contributed by atoms with van der Waals surface area (Å²) in [7, 11) is 0. The quantitative estimate of drug-likeness (QED) is 0.781. The third-order valence-corrected chi connectivity index (χ3v) is 4.95. The molecule has 1 aromatic carbocycles. The third-order valence-electron chi connectivity index (χ3n) is 4.03. The minimum Gasteiger partial charge on any atom is -0.334 e. The molecule has 0 saturated heterocycles. The lowest BCUT2D eigenvalue weighted by Crippen LogP contribution is -2.37. The molecule has 1 heterocycles. The molecule has 2 N–H and O–H groups in total. The van der Waals surface area contributed by atoms with Crippen LogP contribution < -0.4 is 5.73 Å². The molecule has 1 saturated carbocycles. The van der Waals surface area contributed by atoms with Crippen molar-refractivity contribution in [3.05, 3.63) is 33.5 Å². The maximum atomic E-state index is 6.52. The van der Waals surface area contributed by atoms with Crippen LogP contribution in [-0.4, -0.2) is 10.1 Å². The highest BCUT2D eigenvalue weighted by atomic mass is 79.9. The molecule has 0 bridgehead atoms. The van der Waals surface area contributed by atoms with E-state index in [1.807, 2.05) is 12.1 Å². The average molecular weight is 371 g/mol. The Labute approximate surface area is 137 Å². The zero-order valence-corrected chi connectivity index (χ0v) is 14.0. The molecule has 0 aliphatic heterocycles. The van der Waals surface area contributed by atoms with Crippen LogP contribution in [-0.2, 0) is 5.54 Å². The Bertz CT molecular complexity index is 636. The van der Waals surface area contributed by atoms with Crippen molar-refractivity contribution >= 4 is 27.5 Å². The van der Waals surface area contributed by atoms with Crippen LogP contribution in [0.1, 0.15) is 44.3 Å². The Kier molecular flexibility index (Phi) is 4.33. The third kappa shape index (κ3) is 3.15. The molecule has 112 valence electrons. The Morgan fingerprint density at radius 1 is 1.19 bits per heavy atom. The number of halogens is 2. The number of rotatable bonds is 2. The number of aromatic nitrogens is 2. The maximum Gasteiger partial charge on any atom is 0.259 e. The molecule has 0 spiro atoms. The zero-order valence-electron chi connectivity index (χ0n) is 11.6. The summed E-state index contributed by atoms with van der Waals surface area (Å²) in [5, 5.41) is 4.75. The van der Waals surface area contributed by atoms with Gasteiger partial charge in [0.25, 0.3) is 5.89 Å². The lowest BCUT2D eigenvalue weighted by Gasteiger charge is -2.23. The molecule has 1 aliphatic rings. The second-order valence-electron chi connectivity index (χ2n) is 5.62. The highest BCUT2D eigenvalue weighted by Crippen LogP contribution is 2.35. The van der Waals surface area contributed by atoms with Crippen LogP contribution in [0.4, 0.5) is 0 Å². The molecule has 1 aliphatic carbocycles. The van der Waals surface area contributed by atoms with Gasteiger partial charge in [-0.15, -0.1) is 0 Å². The SMILES string of the molecule is NC1(c2noc(-c3cc(Cl)ccc3Br)n2)CCCCCC1. The van der Waals surface area contributed by atoms with E-state index in [1.165, 1.54) is 12.8 Å². The first-order chi connectivity index (χ1) is 10.1. The van der Waals surface area contributed by atoms with Crippen molar-refractivity contribution in [2.75, 3.05) is 0 Å². The highest BCUT2D eigenvalue weighted by Gasteiger charge is 2.33. The fourth-order valence-corrected chi connectivity index (χ4v) is 3.37. The second-order valence-corrected chi connectivity index (χ2v) is 6.91. The van der Waals surface area contributed by atoms with E-state index in [0.717, 1.165) is 35.7 Å². The van der Waals surface area contributed by atoms with E-state index in [1.54, 1.807) is 6.07 Å². The van der Waals surface area contributed by atoms with Gasteiger partial charge in [-0.1, -0.05) is 42.4 Å². The summed E-state index contributed by atoms with van der Waals surface area (Å²) in [6.07, 6.45) is 6.49. The zero-order chi connectivity index (χ0) is 14.9. The second kappa shape index (κ2) is 6.07. The van der Waals surface area contributed by atoms with Crippen molar-refractivity contribution in [1.29, 1.82) is 0 Å². The molecule has 0 unspecified atom stereocenters. The van der Waals surface area contributed by atoms with Crippen molar-refractivity contribution in [2.24, 2.45) is 5.73 Å². The monoisotopic (exact) mass is 369 g/mol. The number of hydrogen-bond donors (Lipinski definition) is 1. The van der Waals surface area contributed by atoms with Gasteiger partial charge >= 0.3 is 0 Å². The first kappa shape index (κ1) is 15.0. The van der Waals surface area contributed by atoms with Crippen LogP contribution in [0.15, 0.2) is 27.2 Å². The Balaban J connectivity index is 1.94. The average Bonchev–Trinajstić information content (AvgIpc) is 2.86. The summed E-state index contributed by atoms with van der Waals surface area (Å²) in [4.78, 5) is 4.53. The van der Waals surface area contributed by atoms with Gasteiger partial charge in [-0.2, -0.15) is 4.98 Å². The Hall–Kier alpha value is -0.910. The first-order valence-corrected chi connectivity index (χ1v) is 8.34. The van der Waals surface area contributed by atoms with Gasteiger partial charge in [0.2, 0.25) is 0 Å². The molecule has 0 radical (unpaired) electrons. The normalized spacial score (nSPS) is 18.4. The summed E-state index contributed by atoms with van der Waals surface area (Å²) in [5.74, 6) is 1.06. The van der Waals surface area contributed by atoms with Gasteiger partial charge in [0.15, 0.2) is 5.82 Å². The molecule has 3 rings (SSSR count). The predicted octanol–water partition coefficient (Wildman–Crippen LogP) is 4.66. The fourth-order valence-electron chi connectivity index (χ4n) is 2.78. The van der Waals surface area contributed by atoms with Crippen molar-refractivity contribution in [3.8, 4) is 11.5 Å². The summed E-state index contributed by atoms with van der Waals surface area (Å²) in [5.41, 5.74) is 6.84. The molecule has 6 heteroatoms. The van der Waals surface area contributed by atoms with E-state index >= 15 is 0 Å². The van der Waals surface area contributed by atoms with Crippen LogP contribution in [0.2, 0.25) is 5.02 Å². The molecule has 0 atom stereocenters. The van der Waals surface area contributed by atoms with Crippen molar-refractivity contribution < 1.29 is 4.52 Å². The minimum absolute atomic E-state index is 0.452. The van der Waals surface area contributed by atoms with Crippen LogP contribution in [0.25, 0.3) is 11.5 Å². The summed E-state index contributed by atoms with van der Waals surface area (Å²) in [6, 6.07) is 5.48. The molecular weight excluding hydrogens is 354 g/mol. The summed E-state index contributed by atoms with van der Waals surface area (Å²) in [6.45, 7) is 0. The molecule has 2 aromatic rings. The number of nitrogens with zero attached hydrogens (tertiary/aromatic N) is 2. The van der Waals surface area contributed by atoms with Gasteiger partial charge in [-0.05, 0) is 47.0 Å². The highest BCUT2D eigenvalue weighted by molar-refractivity contribution is 9.10. The fraction of sp³-hybridized carbons (Fsp3) is 0.467. The Morgan fingerprint density at radius 2 is 1.90 bits per heavy atom. The van der Waals surface area contributed by atoms with Crippen molar-refractivity contribution in [1.82, 2.24) is 10.1 Å². The van der Waals surface area contributed by atoms with E-state index in [2.05, 4.69) is 26.1 Å². The Morgan fingerprint density at radius 3 is 2.62 bits per heavy atom. The summed E-state index contributed by atoms with van der Waals surface area (Å²) < 4.78 is 6.29. The van der Waals surface area contributed by atoms with E-state index in [-0.39, 0.29) is 0 Å². The van der Waals surface area contributed by atoms with E-state index in [9.17, 15) is 0 Å². The summed E-state index contributed by atoms with van der Waals surface area (Å²) >= 11 is 9.52. The molecule has 21 heavy (non-hydrogen) atoms. The molecule has 0 amide bonds. The van der Waals surface area contributed by atoms with E-state index in [4.69, 9.17) is 21.9 Å².